The van der Waals surface area contributed by atoms with E-state index >= 15 is 0 Å². The third-order valence-corrected chi connectivity index (χ3v) is 29.5. The van der Waals surface area contributed by atoms with E-state index in [0.717, 1.165) is 304 Å². The van der Waals surface area contributed by atoms with Crippen LogP contribution in [0, 0.1) is 13.8 Å². The van der Waals surface area contributed by atoms with Crippen molar-refractivity contribution in [3.63, 3.8) is 0 Å². The second-order valence-corrected chi connectivity index (χ2v) is 42.4. The van der Waals surface area contributed by atoms with Gasteiger partial charge in [0.2, 0.25) is 11.8 Å². The number of hydrogen-bond acceptors (Lipinski definition) is 26. The lowest BCUT2D eigenvalue weighted by Gasteiger charge is -2.21. The highest BCUT2D eigenvalue weighted by molar-refractivity contribution is 8.93. The molecule has 2 aliphatic rings. The smallest absolute Gasteiger partial charge is 0.296 e. The Labute approximate surface area is 890 Å². The number of unbranched alkanes of at least 4 members (excludes halogenated alkanes) is 18. The van der Waals surface area contributed by atoms with E-state index in [4.69, 9.17) is 9.97 Å². The molecule has 3 aromatic heterocycles. The summed E-state index contributed by atoms with van der Waals surface area (Å²) in [4.78, 5) is 48.2. The van der Waals surface area contributed by atoms with Crippen LogP contribution in [0.1, 0.15) is 332 Å². The zero-order valence-electron chi connectivity index (χ0n) is 92.2. The lowest BCUT2D eigenvalue weighted by Crippen LogP contribution is -2.32. The van der Waals surface area contributed by atoms with Gasteiger partial charge in [-0.1, -0.05) is 13.8 Å². The highest BCUT2D eigenvalue weighted by Crippen LogP contribution is 2.39. The molecule has 0 saturated carbocycles. The van der Waals surface area contributed by atoms with E-state index in [1.807, 2.05) is 43.6 Å². The Bertz CT molecular complexity index is 4240. The molecule has 0 fully saturated rings. The minimum Gasteiger partial charge on any atom is -0.354 e. The summed E-state index contributed by atoms with van der Waals surface area (Å²) in [6.45, 7) is 56.5. The number of nitrogens with one attached hydrogen (secondary N) is 20. The van der Waals surface area contributed by atoms with Crippen LogP contribution in [0.3, 0.4) is 0 Å². The number of allylic oxidation sites excluding steroid dienone is 4. The summed E-state index contributed by atoms with van der Waals surface area (Å²) in [7, 11) is -9.74. The number of nitrogens with zero attached hydrogens (tertiary/aromatic N) is 4. The number of hydrogen-bond donors (Lipinski definition) is 22. The first-order valence-corrected chi connectivity index (χ1v) is 60.6. The maximum atomic E-state index is 14.3. The van der Waals surface area contributed by atoms with E-state index < -0.39 is 30.0 Å². The van der Waals surface area contributed by atoms with E-state index in [0.29, 0.717) is 72.9 Å². The summed E-state index contributed by atoms with van der Waals surface area (Å²) in [5.41, 5.74) is 5.72. The molecule has 0 aromatic carbocycles. The first-order valence-electron chi connectivity index (χ1n) is 57.7. The fourth-order valence-electron chi connectivity index (χ4n) is 18.5. The van der Waals surface area contributed by atoms with Crippen molar-refractivity contribution < 1.29 is 35.5 Å². The van der Waals surface area contributed by atoms with E-state index in [-0.39, 0.29) is 69.3 Å². The molecule has 0 radical (unpaired) electrons. The molecular weight excluding hydrogens is 1930 g/mol. The van der Waals surface area contributed by atoms with Crippen molar-refractivity contribution >= 4 is 93.4 Å². The molecule has 3 aromatic rings. The van der Waals surface area contributed by atoms with Crippen LogP contribution < -0.4 is 95.7 Å². The molecule has 0 saturated heterocycles. The van der Waals surface area contributed by atoms with Gasteiger partial charge in [0, 0.05) is 50.1 Å². The van der Waals surface area contributed by atoms with Gasteiger partial charge in [0.1, 0.15) is 9.79 Å². The monoisotopic (exact) mass is 2140 g/mol. The Morgan fingerprint density at radius 3 is 0.634 bits per heavy atom. The third-order valence-electron chi connectivity index (χ3n) is 27.5. The Balaban J connectivity index is 0.0000438. The first kappa shape index (κ1) is 132. The van der Waals surface area contributed by atoms with Crippen LogP contribution >= 0.6 is 17.0 Å². The van der Waals surface area contributed by atoms with Crippen molar-refractivity contribution in [1.29, 1.82) is 0 Å². The maximum absolute atomic E-state index is 14.3. The van der Waals surface area contributed by atoms with Crippen LogP contribution in [0.25, 0.3) is 44.4 Å². The minimum absolute atomic E-state index is 0. The third kappa shape index (κ3) is 63.4. The molecule has 22 N–H and O–H groups in total. The van der Waals surface area contributed by atoms with Crippen molar-refractivity contribution in [2.45, 2.75) is 322 Å². The zero-order chi connectivity index (χ0) is 104. The molecule has 0 atom stereocenters. The van der Waals surface area contributed by atoms with Crippen molar-refractivity contribution in [3.8, 4) is 0 Å². The number of fused-ring (bicyclic) bond motifs is 8. The number of halogens is 1. The molecule has 5 heterocycles. The first-order chi connectivity index (χ1) is 70.3. The van der Waals surface area contributed by atoms with Gasteiger partial charge in [0.25, 0.3) is 20.2 Å². The highest BCUT2D eigenvalue weighted by atomic mass is 79.9. The number of rotatable bonds is 102. The zero-order valence-corrected chi connectivity index (χ0v) is 95.6. The number of aromatic nitrogens is 4. The largest absolute Gasteiger partial charge is 0.354 e. The Hall–Kier alpha value is -4.88. The average Bonchev–Trinajstić information content (AvgIpc) is 1.60. The fourth-order valence-corrected chi connectivity index (χ4v) is 20.3. The molecule has 32 nitrogen and oxygen atoms in total. The highest BCUT2D eigenvalue weighted by Gasteiger charge is 2.28. The molecule has 838 valence electrons. The lowest BCUT2D eigenvalue weighted by molar-refractivity contribution is -0.131. The van der Waals surface area contributed by atoms with Gasteiger partial charge in [0.05, 0.1) is 33.8 Å². The van der Waals surface area contributed by atoms with Crippen LogP contribution in [0.15, 0.2) is 34.1 Å². The molecule has 2 aliphatic heterocycles. The van der Waals surface area contributed by atoms with Crippen molar-refractivity contribution in [2.24, 2.45) is 0 Å². The van der Waals surface area contributed by atoms with Crippen LogP contribution in [0.4, 0.5) is 0 Å². The lowest BCUT2D eigenvalue weighted by atomic mass is 9.98. The predicted octanol–water partition coefficient (Wildman–Crippen LogP) is 13.8. The normalized spacial score (nSPS) is 12.5. The Morgan fingerprint density at radius 2 is 0.441 bits per heavy atom. The minimum atomic E-state index is -4.89. The fraction of sp³-hybridized carbons (Fsp3) is 0.800. The maximum Gasteiger partial charge on any atom is 0.296 e. The summed E-state index contributed by atoms with van der Waals surface area (Å²) < 4.78 is 74.5. The van der Waals surface area contributed by atoms with E-state index in [1.165, 1.54) is 199 Å². The van der Waals surface area contributed by atoms with Crippen molar-refractivity contribution in [3.05, 3.63) is 58.2 Å². The van der Waals surface area contributed by atoms with Gasteiger partial charge in [-0.15, -0.1) is 17.0 Å². The van der Waals surface area contributed by atoms with Gasteiger partial charge in [0.15, 0.2) is 0 Å². The second-order valence-electron chi connectivity index (χ2n) is 39.7. The topological polar surface area (TPSA) is 423 Å². The van der Waals surface area contributed by atoms with E-state index in [2.05, 4.69) is 120 Å². The molecule has 0 unspecified atom stereocenters. The second kappa shape index (κ2) is 88.6. The van der Waals surface area contributed by atoms with Gasteiger partial charge in [-0.3, -0.25) is 18.7 Å². The van der Waals surface area contributed by atoms with Crippen molar-refractivity contribution in [1.82, 2.24) is 125 Å². The summed E-state index contributed by atoms with van der Waals surface area (Å²) in [6.07, 6.45) is 43.5. The molecule has 2 amide bonds. The summed E-state index contributed by atoms with van der Waals surface area (Å²) >= 11 is 0. The molecule has 145 heavy (non-hydrogen) atoms. The van der Waals surface area contributed by atoms with E-state index in [9.17, 15) is 35.5 Å². The predicted molar refractivity (Wildman–Crippen MR) is 618 cm³/mol. The van der Waals surface area contributed by atoms with Crippen molar-refractivity contribution in [2.75, 3.05) is 262 Å². The van der Waals surface area contributed by atoms with Crippen LogP contribution in [-0.2, 0) is 29.8 Å². The van der Waals surface area contributed by atoms with Crippen LogP contribution in [0.5, 0.6) is 0 Å². The molecular formula is C110H211BrN24O8S2. The van der Waals surface area contributed by atoms with Crippen LogP contribution in [-0.4, -0.2) is 329 Å². The van der Waals surface area contributed by atoms with Gasteiger partial charge in [-0.25, -0.2) is 9.97 Å². The Morgan fingerprint density at radius 1 is 0.262 bits per heavy atom. The summed E-state index contributed by atoms with van der Waals surface area (Å²) in [5.74, 6) is 0.0172. The molecule has 35 heteroatoms. The number of carbonyl (C=O) groups is 2. The summed E-state index contributed by atoms with van der Waals surface area (Å²) in [6, 6.07) is 6.51. The number of amides is 2. The quantitative estimate of drug-likeness (QED) is 0.0184. The molecule has 0 aliphatic carbocycles. The van der Waals surface area contributed by atoms with Crippen LogP contribution in [0.2, 0.25) is 0 Å². The number of H-pyrrole nitrogens is 2. The van der Waals surface area contributed by atoms with Gasteiger partial charge in [-0.05, 0) is 579 Å². The summed E-state index contributed by atoms with van der Waals surface area (Å²) in [5, 5.41) is 64.7. The van der Waals surface area contributed by atoms with Gasteiger partial charge < -0.3 is 115 Å². The molecule has 5 rings (SSSR count). The standard InChI is InChI=1S/C110H210N24O8S2.BrH/c1-9-111-53-13-15-55-113-57-17-19-59-115-61-21-23-63-117-65-25-27-67-119-69-29-31-71-121-73-33-35-75-123-77-37-39-79-125-81-41-43-83-127-85-45-47-87-133(11-3)107(135)51-49-97-93(5)99-89-101-95(7)109(143(137,138)139)106(131-101)91-102-96(8)110(144(140,141)142)105(132-102)90-100-94(6)98(104(130-100)92-103(97)129-99)50-52-108(136)134(12-4)88-48-46-86-128-84-44-42-82-126-80-40-38-78-124-76-36-34-74-122-72-32-30-70-120-68-28-26-66-118-64-24-22-62-116-60-20-18-58-114-56-16-14-54-112-10-2;/h89-92,111-128,131-132H,9-88H2,1-8H3,(H,137,138,139)(H,140,141,142);1H. The molecule has 0 spiro atoms. The SMILES string of the molecule is Br.CCNCCCCNCCCCNCCCCNCCCCNCCCCNCCCCNCCCCNCCCCNCCCCN(CC)C(=O)CCC1=C(C)c2cc3[nH]c(cc4[nH]c(cc5nc(cc1n2)C(CCC(=O)N(CC)CCCCNCCCCNCCCCNCCCCNCCCCNCCCCNCCCCNCCCCNCCCCNCC)=C5C)c(S(=O)(=O)O)c4C)c(S(=O)(=O)O)c3C. The van der Waals surface area contributed by atoms with Gasteiger partial charge >= 0.3 is 0 Å². The van der Waals surface area contributed by atoms with E-state index in [1.54, 1.807) is 13.0 Å². The number of carbonyl (C=O) groups excluding carboxylic acids is 2. The average molecular weight is 2140 g/mol. The Kier molecular flexibility index (Phi) is 80.9. The van der Waals surface area contributed by atoms with Gasteiger partial charge in [-0.2, -0.15) is 16.8 Å². The number of aromatic amines is 2. The molecule has 8 bridgehead atoms. The number of aryl methyl sites for hydroxylation is 2.